The fraction of sp³-hybridized carbons (Fsp3) is 0.444. The molecule has 26 heavy (non-hydrogen) atoms. The summed E-state index contributed by atoms with van der Waals surface area (Å²) in [4.78, 5) is 17.2. The van der Waals surface area contributed by atoms with Gasteiger partial charge in [0, 0.05) is 55.2 Å². The Morgan fingerprint density at radius 1 is 1.27 bits per heavy atom. The van der Waals surface area contributed by atoms with E-state index < -0.39 is 0 Å². The first-order valence-electron chi connectivity index (χ1n) is 8.79. The molecule has 3 aromatic rings. The molecule has 4 heterocycles. The Bertz CT molecular complexity index is 938. The van der Waals surface area contributed by atoms with Gasteiger partial charge in [0.15, 0.2) is 0 Å². The first-order valence-corrected chi connectivity index (χ1v) is 8.79. The van der Waals surface area contributed by atoms with Crippen LogP contribution in [0.5, 0.6) is 0 Å². The molecule has 0 aromatic carbocycles. The Labute approximate surface area is 151 Å². The number of aryl methyl sites for hydroxylation is 1. The second-order valence-electron chi connectivity index (χ2n) is 6.85. The van der Waals surface area contributed by atoms with Gasteiger partial charge >= 0.3 is 0 Å². The zero-order valence-electron chi connectivity index (χ0n) is 15.2. The molecule has 1 aliphatic rings. The van der Waals surface area contributed by atoms with Crippen LogP contribution in [0.1, 0.15) is 23.7 Å². The molecule has 0 N–H and O–H groups in total. The Morgan fingerprint density at radius 2 is 2.12 bits per heavy atom. The van der Waals surface area contributed by atoms with Crippen molar-refractivity contribution in [2.75, 3.05) is 24.5 Å². The summed E-state index contributed by atoms with van der Waals surface area (Å²) in [7, 11) is 0. The number of aromatic nitrogens is 5. The topological polar surface area (TPSA) is 62.5 Å². The lowest BCUT2D eigenvalue weighted by atomic mass is 10.1. The molecule has 1 fully saturated rings. The molecule has 0 spiro atoms. The molecule has 0 saturated carbocycles. The van der Waals surface area contributed by atoms with E-state index in [9.17, 15) is 4.39 Å². The standard InChI is InChI=1S/C18H22FN7/c1-12-9-25(7-6-24(12)10-15-4-5-20-8-16(15)19)17-13(2)14(3)23-18-21-11-22-26(17)18/h4-5,8,11-12H,6-7,9-10H2,1-3H3. The van der Waals surface area contributed by atoms with E-state index >= 15 is 0 Å². The third-order valence-electron chi connectivity index (χ3n) is 5.17. The van der Waals surface area contributed by atoms with Gasteiger partial charge in [-0.2, -0.15) is 14.6 Å². The van der Waals surface area contributed by atoms with Crippen molar-refractivity contribution < 1.29 is 4.39 Å². The van der Waals surface area contributed by atoms with Crippen molar-refractivity contribution in [3.8, 4) is 0 Å². The van der Waals surface area contributed by atoms with Crippen molar-refractivity contribution in [1.29, 1.82) is 0 Å². The smallest absolute Gasteiger partial charge is 0.254 e. The minimum absolute atomic E-state index is 0.243. The third-order valence-corrected chi connectivity index (χ3v) is 5.17. The molecule has 0 amide bonds. The minimum Gasteiger partial charge on any atom is -0.353 e. The molecule has 1 saturated heterocycles. The van der Waals surface area contributed by atoms with Crippen molar-refractivity contribution in [3.05, 3.63) is 47.4 Å². The summed E-state index contributed by atoms with van der Waals surface area (Å²) >= 11 is 0. The highest BCUT2D eigenvalue weighted by atomic mass is 19.1. The molecule has 7 nitrogen and oxygen atoms in total. The number of fused-ring (bicyclic) bond motifs is 1. The zero-order chi connectivity index (χ0) is 18.3. The average Bonchev–Trinajstić information content (AvgIpc) is 3.07. The highest BCUT2D eigenvalue weighted by Gasteiger charge is 2.27. The summed E-state index contributed by atoms with van der Waals surface area (Å²) < 4.78 is 15.7. The van der Waals surface area contributed by atoms with Crippen molar-refractivity contribution in [3.63, 3.8) is 0 Å². The second kappa shape index (κ2) is 6.60. The van der Waals surface area contributed by atoms with Gasteiger partial charge in [0.25, 0.3) is 5.78 Å². The van der Waals surface area contributed by atoms with Gasteiger partial charge in [0.05, 0.1) is 6.20 Å². The molecule has 0 radical (unpaired) electrons. The van der Waals surface area contributed by atoms with Crippen LogP contribution in [0.4, 0.5) is 10.2 Å². The van der Waals surface area contributed by atoms with Crippen molar-refractivity contribution >= 4 is 11.6 Å². The monoisotopic (exact) mass is 355 g/mol. The predicted octanol–water partition coefficient (Wildman–Crippen LogP) is 1.99. The minimum atomic E-state index is -0.243. The number of halogens is 1. The second-order valence-corrected chi connectivity index (χ2v) is 6.85. The maximum Gasteiger partial charge on any atom is 0.254 e. The maximum absolute atomic E-state index is 13.9. The number of rotatable bonds is 3. The maximum atomic E-state index is 13.9. The lowest BCUT2D eigenvalue weighted by Crippen LogP contribution is -2.52. The van der Waals surface area contributed by atoms with E-state index in [0.29, 0.717) is 17.9 Å². The zero-order valence-corrected chi connectivity index (χ0v) is 15.2. The highest BCUT2D eigenvalue weighted by molar-refractivity contribution is 5.54. The highest BCUT2D eigenvalue weighted by Crippen LogP contribution is 2.25. The Balaban J connectivity index is 1.57. The lowest BCUT2D eigenvalue weighted by molar-refractivity contribution is 0.178. The van der Waals surface area contributed by atoms with Crippen molar-refractivity contribution in [2.24, 2.45) is 0 Å². The van der Waals surface area contributed by atoms with Gasteiger partial charge in [-0.1, -0.05) is 0 Å². The fourth-order valence-corrected chi connectivity index (χ4v) is 3.56. The van der Waals surface area contributed by atoms with Gasteiger partial charge in [0.1, 0.15) is 18.0 Å². The molecule has 1 atom stereocenters. The van der Waals surface area contributed by atoms with Crippen LogP contribution in [-0.4, -0.2) is 55.1 Å². The number of nitrogens with zero attached hydrogens (tertiary/aromatic N) is 7. The number of pyridine rings is 1. The van der Waals surface area contributed by atoms with E-state index in [1.54, 1.807) is 12.3 Å². The molecule has 1 aliphatic heterocycles. The Kier molecular flexibility index (Phi) is 4.28. The average molecular weight is 355 g/mol. The van der Waals surface area contributed by atoms with Crippen LogP contribution < -0.4 is 4.90 Å². The van der Waals surface area contributed by atoms with E-state index in [1.807, 2.05) is 11.4 Å². The van der Waals surface area contributed by atoms with Crippen molar-refractivity contribution in [2.45, 2.75) is 33.4 Å². The summed E-state index contributed by atoms with van der Waals surface area (Å²) in [6, 6.07) is 2.03. The summed E-state index contributed by atoms with van der Waals surface area (Å²) in [5, 5.41) is 4.35. The summed E-state index contributed by atoms with van der Waals surface area (Å²) in [6.07, 6.45) is 4.46. The largest absolute Gasteiger partial charge is 0.353 e. The van der Waals surface area contributed by atoms with Crippen LogP contribution in [0.25, 0.3) is 5.78 Å². The quantitative estimate of drug-likeness (QED) is 0.716. The SMILES string of the molecule is Cc1nc2ncnn2c(N2CCN(Cc3ccncc3F)C(C)C2)c1C. The number of hydrogen-bond donors (Lipinski definition) is 0. The molecule has 4 rings (SSSR count). The van der Waals surface area contributed by atoms with E-state index in [-0.39, 0.29) is 11.9 Å². The first-order chi connectivity index (χ1) is 12.5. The Hall–Kier alpha value is -2.61. The molecule has 1 unspecified atom stereocenters. The van der Waals surface area contributed by atoms with Crippen LogP contribution in [0.2, 0.25) is 0 Å². The van der Waals surface area contributed by atoms with E-state index in [0.717, 1.165) is 36.7 Å². The molecular formula is C18H22FN7. The number of anilines is 1. The Morgan fingerprint density at radius 3 is 2.88 bits per heavy atom. The molecule has 8 heteroatoms. The molecule has 0 aliphatic carbocycles. The van der Waals surface area contributed by atoms with Crippen LogP contribution >= 0.6 is 0 Å². The van der Waals surface area contributed by atoms with Gasteiger partial charge in [0.2, 0.25) is 0 Å². The molecule has 0 bridgehead atoms. The van der Waals surface area contributed by atoms with Crippen LogP contribution in [-0.2, 0) is 6.54 Å². The van der Waals surface area contributed by atoms with Gasteiger partial charge < -0.3 is 4.90 Å². The third kappa shape index (κ3) is 2.90. The van der Waals surface area contributed by atoms with Gasteiger partial charge in [-0.25, -0.2) is 9.37 Å². The van der Waals surface area contributed by atoms with Gasteiger partial charge in [-0.05, 0) is 26.8 Å². The van der Waals surface area contributed by atoms with Crippen molar-refractivity contribution in [1.82, 2.24) is 29.5 Å². The van der Waals surface area contributed by atoms with E-state index in [1.165, 1.54) is 12.5 Å². The molecular weight excluding hydrogens is 333 g/mol. The number of piperazine rings is 1. The summed E-state index contributed by atoms with van der Waals surface area (Å²) in [5.41, 5.74) is 2.77. The van der Waals surface area contributed by atoms with Crippen LogP contribution in [0.15, 0.2) is 24.8 Å². The summed E-state index contributed by atoms with van der Waals surface area (Å²) in [5.74, 6) is 1.43. The first kappa shape index (κ1) is 16.8. The molecule has 3 aromatic heterocycles. The summed E-state index contributed by atoms with van der Waals surface area (Å²) in [6.45, 7) is 9.37. The van der Waals surface area contributed by atoms with Crippen LogP contribution in [0, 0.1) is 19.7 Å². The van der Waals surface area contributed by atoms with Crippen LogP contribution in [0.3, 0.4) is 0 Å². The fourth-order valence-electron chi connectivity index (χ4n) is 3.56. The molecule has 136 valence electrons. The van der Waals surface area contributed by atoms with Gasteiger partial charge in [-0.3, -0.25) is 9.88 Å². The normalized spacial score (nSPS) is 18.6. The van der Waals surface area contributed by atoms with Gasteiger partial charge in [-0.15, -0.1) is 0 Å². The lowest BCUT2D eigenvalue weighted by Gasteiger charge is -2.41. The van der Waals surface area contributed by atoms with E-state index in [4.69, 9.17) is 0 Å². The van der Waals surface area contributed by atoms with E-state index in [2.05, 4.69) is 43.7 Å². The predicted molar refractivity (Wildman–Crippen MR) is 96.5 cm³/mol. The number of hydrogen-bond acceptors (Lipinski definition) is 6.